The molecule has 13 heavy (non-hydrogen) atoms. The van der Waals surface area contributed by atoms with E-state index in [2.05, 4.69) is 10.1 Å². The Hall–Kier alpha value is -1.89. The van der Waals surface area contributed by atoms with E-state index in [9.17, 15) is 0 Å². The average Bonchev–Trinajstić information content (AvgIpc) is 2.46. The van der Waals surface area contributed by atoms with Crippen LogP contribution in [0.2, 0.25) is 0 Å². The Balaban J connectivity index is 2.57. The maximum absolute atomic E-state index is 8.46. The van der Waals surface area contributed by atoms with Gasteiger partial charge in [-0.3, -0.25) is 0 Å². The maximum atomic E-state index is 8.46. The number of pyridine rings is 1. The summed E-state index contributed by atoms with van der Waals surface area (Å²) in [4.78, 5) is 4.17. The van der Waals surface area contributed by atoms with Crippen LogP contribution in [0.3, 0.4) is 0 Å². The largest absolute Gasteiger partial charge is 0.221 e. The lowest BCUT2D eigenvalue weighted by molar-refractivity contribution is 0.905. The molecule has 2 heterocycles. The summed E-state index contributed by atoms with van der Waals surface area (Å²) in [5.41, 5.74) is 1.91. The lowest BCUT2D eigenvalue weighted by Crippen LogP contribution is -1.88. The summed E-state index contributed by atoms with van der Waals surface area (Å²) in [6.45, 7) is 1.99. The van der Waals surface area contributed by atoms with Crippen molar-refractivity contribution in [2.75, 3.05) is 0 Å². The minimum Gasteiger partial charge on any atom is -0.221 e. The third-order valence-corrected chi connectivity index (χ3v) is 1.76. The van der Waals surface area contributed by atoms with E-state index < -0.39 is 0 Å². The van der Waals surface area contributed by atoms with Gasteiger partial charge in [-0.05, 0) is 18.6 Å². The lowest BCUT2D eigenvalue weighted by atomic mass is 10.3. The number of aryl methyl sites for hydroxylation is 1. The van der Waals surface area contributed by atoms with E-state index in [-0.39, 0.29) is 6.42 Å². The van der Waals surface area contributed by atoms with Crippen molar-refractivity contribution in [3.05, 3.63) is 29.7 Å². The predicted molar refractivity (Wildman–Crippen MR) is 47.0 cm³/mol. The molecule has 0 N–H and O–H groups in total. The normalized spacial score (nSPS) is 10.2. The lowest BCUT2D eigenvalue weighted by Gasteiger charge is -1.91. The highest BCUT2D eigenvalue weighted by atomic mass is 15.3. The number of fused-ring (bicyclic) bond motifs is 1. The van der Waals surface area contributed by atoms with E-state index in [1.165, 1.54) is 0 Å². The SMILES string of the molecule is Cc1ccc2nc(CC#N)nn2c1. The van der Waals surface area contributed by atoms with Crippen molar-refractivity contribution >= 4 is 5.65 Å². The highest BCUT2D eigenvalue weighted by Gasteiger charge is 2.01. The van der Waals surface area contributed by atoms with Gasteiger partial charge in [-0.2, -0.15) is 10.4 Å². The molecule has 4 nitrogen and oxygen atoms in total. The zero-order chi connectivity index (χ0) is 9.26. The molecule has 0 amide bonds. The topological polar surface area (TPSA) is 54.0 Å². The van der Waals surface area contributed by atoms with E-state index in [0.29, 0.717) is 5.82 Å². The van der Waals surface area contributed by atoms with Gasteiger partial charge in [0.15, 0.2) is 11.5 Å². The molecule has 2 rings (SSSR count). The van der Waals surface area contributed by atoms with Crippen LogP contribution in [0.4, 0.5) is 0 Å². The van der Waals surface area contributed by atoms with Gasteiger partial charge in [0.05, 0.1) is 12.5 Å². The second-order valence-corrected chi connectivity index (χ2v) is 2.87. The Morgan fingerprint density at radius 3 is 3.15 bits per heavy atom. The van der Waals surface area contributed by atoms with Gasteiger partial charge < -0.3 is 0 Å². The third-order valence-electron chi connectivity index (χ3n) is 1.76. The first-order valence-electron chi connectivity index (χ1n) is 3.98. The van der Waals surface area contributed by atoms with Crippen molar-refractivity contribution in [2.24, 2.45) is 0 Å². The van der Waals surface area contributed by atoms with Crippen molar-refractivity contribution in [3.63, 3.8) is 0 Å². The molecule has 2 aromatic heterocycles. The molecule has 4 heteroatoms. The van der Waals surface area contributed by atoms with E-state index in [1.807, 2.05) is 31.3 Å². The molecule has 64 valence electrons. The fraction of sp³-hybridized carbons (Fsp3) is 0.222. The van der Waals surface area contributed by atoms with Crippen LogP contribution >= 0.6 is 0 Å². The fourth-order valence-electron chi connectivity index (χ4n) is 1.18. The Morgan fingerprint density at radius 1 is 1.54 bits per heavy atom. The monoisotopic (exact) mass is 172 g/mol. The molecule has 0 radical (unpaired) electrons. The van der Waals surface area contributed by atoms with E-state index in [0.717, 1.165) is 11.2 Å². The smallest absolute Gasteiger partial charge is 0.165 e. The molecule has 0 atom stereocenters. The third kappa shape index (κ3) is 1.36. The Kier molecular flexibility index (Phi) is 1.71. The number of hydrogen-bond donors (Lipinski definition) is 0. The first-order valence-corrected chi connectivity index (χ1v) is 3.98. The van der Waals surface area contributed by atoms with Crippen molar-refractivity contribution in [1.29, 1.82) is 5.26 Å². The first kappa shape index (κ1) is 7.74. The number of aromatic nitrogens is 3. The van der Waals surface area contributed by atoms with Crippen LogP contribution in [-0.2, 0) is 6.42 Å². The number of hydrogen-bond acceptors (Lipinski definition) is 3. The highest BCUT2D eigenvalue weighted by Crippen LogP contribution is 2.03. The summed E-state index contributed by atoms with van der Waals surface area (Å²) < 4.78 is 1.70. The fourth-order valence-corrected chi connectivity index (χ4v) is 1.18. The molecule has 0 spiro atoms. The van der Waals surface area contributed by atoms with Crippen LogP contribution in [0.1, 0.15) is 11.4 Å². The second-order valence-electron chi connectivity index (χ2n) is 2.87. The molecule has 0 aromatic carbocycles. The molecule has 0 aliphatic rings. The summed E-state index contributed by atoms with van der Waals surface area (Å²) >= 11 is 0. The van der Waals surface area contributed by atoms with Gasteiger partial charge in [0.1, 0.15) is 0 Å². The van der Waals surface area contributed by atoms with Crippen molar-refractivity contribution in [1.82, 2.24) is 14.6 Å². The molecule has 0 fully saturated rings. The summed E-state index contributed by atoms with van der Waals surface area (Å²) in [5, 5.41) is 12.6. The predicted octanol–water partition coefficient (Wildman–Crippen LogP) is 1.10. The molecular weight excluding hydrogens is 164 g/mol. The molecule has 0 unspecified atom stereocenters. The standard InChI is InChI=1S/C9H8N4/c1-7-2-3-9-11-8(4-5-10)12-13(9)6-7/h2-3,6H,4H2,1H3. The van der Waals surface area contributed by atoms with Gasteiger partial charge in [-0.25, -0.2) is 9.50 Å². The first-order chi connectivity index (χ1) is 6.29. The Labute approximate surface area is 75.4 Å². The van der Waals surface area contributed by atoms with Crippen LogP contribution in [0, 0.1) is 18.3 Å². The quantitative estimate of drug-likeness (QED) is 0.647. The van der Waals surface area contributed by atoms with Gasteiger partial charge >= 0.3 is 0 Å². The molecule has 2 aromatic rings. The van der Waals surface area contributed by atoms with Gasteiger partial charge in [0.25, 0.3) is 0 Å². The van der Waals surface area contributed by atoms with Crippen LogP contribution in [0.25, 0.3) is 5.65 Å². The van der Waals surface area contributed by atoms with E-state index in [4.69, 9.17) is 5.26 Å². The van der Waals surface area contributed by atoms with Gasteiger partial charge in [0.2, 0.25) is 0 Å². The van der Waals surface area contributed by atoms with E-state index >= 15 is 0 Å². The van der Waals surface area contributed by atoms with Crippen LogP contribution in [0.5, 0.6) is 0 Å². The molecule has 0 aliphatic heterocycles. The number of nitrogens with zero attached hydrogens (tertiary/aromatic N) is 4. The summed E-state index contributed by atoms with van der Waals surface area (Å²) in [7, 11) is 0. The average molecular weight is 172 g/mol. The molecule has 0 saturated heterocycles. The van der Waals surface area contributed by atoms with Crippen LogP contribution in [-0.4, -0.2) is 14.6 Å². The van der Waals surface area contributed by atoms with Crippen molar-refractivity contribution < 1.29 is 0 Å². The minimum atomic E-state index is 0.265. The summed E-state index contributed by atoms with van der Waals surface area (Å²) in [6, 6.07) is 5.89. The highest BCUT2D eigenvalue weighted by molar-refractivity contribution is 5.38. The molecule has 0 bridgehead atoms. The molecule has 0 aliphatic carbocycles. The molecular formula is C9H8N4. The second kappa shape index (κ2) is 2.87. The zero-order valence-electron chi connectivity index (χ0n) is 7.23. The maximum Gasteiger partial charge on any atom is 0.165 e. The Morgan fingerprint density at radius 2 is 2.38 bits per heavy atom. The van der Waals surface area contributed by atoms with Crippen LogP contribution in [0.15, 0.2) is 18.3 Å². The summed E-state index contributed by atoms with van der Waals surface area (Å²) in [5.74, 6) is 0.577. The summed E-state index contributed by atoms with van der Waals surface area (Å²) in [6.07, 6.45) is 2.16. The Bertz CT molecular complexity index is 478. The minimum absolute atomic E-state index is 0.265. The van der Waals surface area contributed by atoms with E-state index in [1.54, 1.807) is 4.52 Å². The van der Waals surface area contributed by atoms with Gasteiger partial charge in [-0.1, -0.05) is 6.07 Å². The zero-order valence-corrected chi connectivity index (χ0v) is 7.23. The van der Waals surface area contributed by atoms with Gasteiger partial charge in [0, 0.05) is 6.20 Å². The van der Waals surface area contributed by atoms with Crippen LogP contribution < -0.4 is 0 Å². The van der Waals surface area contributed by atoms with Crippen molar-refractivity contribution in [2.45, 2.75) is 13.3 Å². The number of rotatable bonds is 1. The molecule has 0 saturated carbocycles. The number of nitriles is 1. The van der Waals surface area contributed by atoms with Crippen molar-refractivity contribution in [3.8, 4) is 6.07 Å². The van der Waals surface area contributed by atoms with Gasteiger partial charge in [-0.15, -0.1) is 0 Å².